The van der Waals surface area contributed by atoms with Crippen molar-refractivity contribution in [3.8, 4) is 0 Å². The summed E-state index contributed by atoms with van der Waals surface area (Å²) in [5.41, 5.74) is 2.12. The van der Waals surface area contributed by atoms with E-state index in [-0.39, 0.29) is 12.5 Å². The zero-order valence-corrected chi connectivity index (χ0v) is 11.2. The highest BCUT2D eigenvalue weighted by atomic mass is 32.1. The summed E-state index contributed by atoms with van der Waals surface area (Å²) in [4.78, 5) is 15.6. The number of carbonyl (C=O) groups excluding carboxylic acids is 1. The first-order valence-electron chi connectivity index (χ1n) is 5.90. The summed E-state index contributed by atoms with van der Waals surface area (Å²) in [5, 5.41) is 13.6. The third kappa shape index (κ3) is 5.28. The van der Waals surface area contributed by atoms with Crippen LogP contribution in [-0.4, -0.2) is 29.1 Å². The summed E-state index contributed by atoms with van der Waals surface area (Å²) >= 11 is 1.41. The molecule has 0 saturated heterocycles. The highest BCUT2D eigenvalue weighted by Gasteiger charge is 2.13. The summed E-state index contributed by atoms with van der Waals surface area (Å²) in [7, 11) is 0. The summed E-state index contributed by atoms with van der Waals surface area (Å²) < 4.78 is 0. The molecule has 1 aromatic rings. The molecule has 1 aromatic heterocycles. The van der Waals surface area contributed by atoms with E-state index >= 15 is 0 Å². The summed E-state index contributed by atoms with van der Waals surface area (Å²) in [6, 6.07) is 0. The maximum Gasteiger partial charge on any atom is 0.270 e. The SMILES string of the molecule is CC(C)CC(CCO)CNC(=O)c1cscn1. The molecule has 1 amide bonds. The van der Waals surface area contributed by atoms with Gasteiger partial charge in [0.2, 0.25) is 0 Å². The highest BCUT2D eigenvalue weighted by molar-refractivity contribution is 7.07. The molecule has 96 valence electrons. The number of carbonyl (C=O) groups is 1. The first-order valence-corrected chi connectivity index (χ1v) is 6.85. The number of rotatable bonds is 7. The molecule has 0 aliphatic heterocycles. The van der Waals surface area contributed by atoms with Gasteiger partial charge in [-0.2, -0.15) is 0 Å². The zero-order chi connectivity index (χ0) is 12.7. The fourth-order valence-corrected chi connectivity index (χ4v) is 2.34. The Hall–Kier alpha value is -0.940. The Kier molecular flexibility index (Phi) is 6.15. The van der Waals surface area contributed by atoms with Crippen molar-refractivity contribution in [2.24, 2.45) is 11.8 Å². The Morgan fingerprint density at radius 2 is 2.35 bits per heavy atom. The van der Waals surface area contributed by atoms with Gasteiger partial charge in [-0.05, 0) is 24.7 Å². The van der Waals surface area contributed by atoms with Crippen LogP contribution in [0.25, 0.3) is 0 Å². The van der Waals surface area contributed by atoms with Crippen LogP contribution < -0.4 is 5.32 Å². The fourth-order valence-electron chi connectivity index (χ4n) is 1.80. The third-order valence-electron chi connectivity index (χ3n) is 2.56. The van der Waals surface area contributed by atoms with Gasteiger partial charge < -0.3 is 10.4 Å². The topological polar surface area (TPSA) is 62.2 Å². The molecule has 17 heavy (non-hydrogen) atoms. The third-order valence-corrected chi connectivity index (χ3v) is 3.14. The highest BCUT2D eigenvalue weighted by Crippen LogP contribution is 2.14. The Bertz CT molecular complexity index is 325. The van der Waals surface area contributed by atoms with Crippen molar-refractivity contribution in [1.29, 1.82) is 0 Å². The molecule has 1 atom stereocenters. The van der Waals surface area contributed by atoms with Crippen LogP contribution in [0.3, 0.4) is 0 Å². The van der Waals surface area contributed by atoms with E-state index < -0.39 is 0 Å². The number of hydrogen-bond acceptors (Lipinski definition) is 4. The normalized spacial score (nSPS) is 12.7. The zero-order valence-electron chi connectivity index (χ0n) is 10.3. The minimum Gasteiger partial charge on any atom is -0.396 e. The first-order chi connectivity index (χ1) is 8.13. The van der Waals surface area contributed by atoms with Gasteiger partial charge >= 0.3 is 0 Å². The van der Waals surface area contributed by atoms with Crippen molar-refractivity contribution >= 4 is 17.2 Å². The van der Waals surface area contributed by atoms with Crippen LogP contribution in [0.4, 0.5) is 0 Å². The van der Waals surface area contributed by atoms with Crippen LogP contribution in [0.1, 0.15) is 37.2 Å². The van der Waals surface area contributed by atoms with E-state index in [0.717, 1.165) is 12.8 Å². The molecule has 0 bridgehead atoms. The number of thiazole rings is 1. The molecule has 5 heteroatoms. The number of hydrogen-bond donors (Lipinski definition) is 2. The minimum absolute atomic E-state index is 0.127. The standard InChI is InChI=1S/C12H20N2O2S/c1-9(2)5-10(3-4-15)6-13-12(16)11-7-17-8-14-11/h7-10,15H,3-6H2,1-2H3,(H,13,16). The van der Waals surface area contributed by atoms with Gasteiger partial charge in [-0.25, -0.2) is 4.98 Å². The van der Waals surface area contributed by atoms with E-state index in [9.17, 15) is 4.79 Å². The van der Waals surface area contributed by atoms with Crippen molar-refractivity contribution < 1.29 is 9.90 Å². The lowest BCUT2D eigenvalue weighted by atomic mass is 9.94. The molecule has 1 heterocycles. The van der Waals surface area contributed by atoms with E-state index in [2.05, 4.69) is 24.1 Å². The molecule has 1 unspecified atom stereocenters. The number of aliphatic hydroxyl groups excluding tert-OH is 1. The van der Waals surface area contributed by atoms with Crippen molar-refractivity contribution in [3.63, 3.8) is 0 Å². The van der Waals surface area contributed by atoms with Crippen LogP contribution in [0.5, 0.6) is 0 Å². The smallest absolute Gasteiger partial charge is 0.270 e. The molecule has 2 N–H and O–H groups in total. The van der Waals surface area contributed by atoms with Crippen molar-refractivity contribution in [3.05, 3.63) is 16.6 Å². The molecular formula is C12H20N2O2S. The lowest BCUT2D eigenvalue weighted by Crippen LogP contribution is -2.30. The summed E-state index contributed by atoms with van der Waals surface area (Å²) in [6.45, 7) is 5.07. The van der Waals surface area contributed by atoms with Gasteiger partial charge in [0.05, 0.1) is 5.51 Å². The molecule has 0 aromatic carbocycles. The van der Waals surface area contributed by atoms with Crippen molar-refractivity contribution in [1.82, 2.24) is 10.3 Å². The quantitative estimate of drug-likeness (QED) is 0.783. The summed E-state index contributed by atoms with van der Waals surface area (Å²) in [5.74, 6) is 0.781. The lowest BCUT2D eigenvalue weighted by Gasteiger charge is -2.18. The van der Waals surface area contributed by atoms with Gasteiger partial charge in [-0.3, -0.25) is 4.79 Å². The number of amides is 1. The largest absolute Gasteiger partial charge is 0.396 e. The van der Waals surface area contributed by atoms with Crippen LogP contribution in [0.15, 0.2) is 10.9 Å². The average molecular weight is 256 g/mol. The Balaban J connectivity index is 2.38. The Morgan fingerprint density at radius 1 is 1.59 bits per heavy atom. The minimum atomic E-state index is -0.127. The molecular weight excluding hydrogens is 236 g/mol. The van der Waals surface area contributed by atoms with Crippen LogP contribution in [0, 0.1) is 11.8 Å². The van der Waals surface area contributed by atoms with Gasteiger partial charge in [0.15, 0.2) is 0 Å². The van der Waals surface area contributed by atoms with E-state index in [0.29, 0.717) is 24.1 Å². The second-order valence-corrected chi connectivity index (χ2v) is 5.31. The van der Waals surface area contributed by atoms with Crippen molar-refractivity contribution in [2.45, 2.75) is 26.7 Å². The van der Waals surface area contributed by atoms with Crippen LogP contribution in [-0.2, 0) is 0 Å². The molecule has 0 radical (unpaired) electrons. The van der Waals surface area contributed by atoms with Crippen molar-refractivity contribution in [2.75, 3.05) is 13.2 Å². The maximum atomic E-state index is 11.7. The van der Waals surface area contributed by atoms with E-state index in [1.165, 1.54) is 11.3 Å². The molecule has 0 saturated carbocycles. The molecule has 4 nitrogen and oxygen atoms in total. The van der Waals surface area contributed by atoms with Crippen LogP contribution in [0.2, 0.25) is 0 Å². The molecule has 1 rings (SSSR count). The van der Waals surface area contributed by atoms with Gasteiger partial charge in [0, 0.05) is 18.5 Å². The Labute approximate surface area is 106 Å². The molecule has 0 aliphatic rings. The lowest BCUT2D eigenvalue weighted by molar-refractivity contribution is 0.0937. The number of nitrogens with one attached hydrogen (secondary N) is 1. The Morgan fingerprint density at radius 3 is 2.88 bits per heavy atom. The molecule has 0 aliphatic carbocycles. The predicted octanol–water partition coefficient (Wildman–Crippen LogP) is 1.92. The number of nitrogens with zero attached hydrogens (tertiary/aromatic N) is 1. The fraction of sp³-hybridized carbons (Fsp3) is 0.667. The van der Waals surface area contributed by atoms with Gasteiger partial charge in [-0.15, -0.1) is 11.3 Å². The second-order valence-electron chi connectivity index (χ2n) is 4.59. The predicted molar refractivity (Wildman–Crippen MR) is 69.1 cm³/mol. The first kappa shape index (κ1) is 14.1. The van der Waals surface area contributed by atoms with E-state index in [1.807, 2.05) is 0 Å². The van der Waals surface area contributed by atoms with Gasteiger partial charge in [0.25, 0.3) is 5.91 Å². The number of aromatic nitrogens is 1. The number of aliphatic hydroxyl groups is 1. The molecule has 0 spiro atoms. The van der Waals surface area contributed by atoms with Gasteiger partial charge in [0.1, 0.15) is 5.69 Å². The van der Waals surface area contributed by atoms with Gasteiger partial charge in [-0.1, -0.05) is 13.8 Å². The van der Waals surface area contributed by atoms with E-state index in [1.54, 1.807) is 10.9 Å². The average Bonchev–Trinajstić information content (AvgIpc) is 2.78. The summed E-state index contributed by atoms with van der Waals surface area (Å²) in [6.07, 6.45) is 1.74. The monoisotopic (exact) mass is 256 g/mol. The van der Waals surface area contributed by atoms with Crippen LogP contribution >= 0.6 is 11.3 Å². The maximum absolute atomic E-state index is 11.7. The second kappa shape index (κ2) is 7.40. The molecule has 0 fully saturated rings. The van der Waals surface area contributed by atoms with E-state index in [4.69, 9.17) is 5.11 Å².